The predicted octanol–water partition coefficient (Wildman–Crippen LogP) is 3.49. The summed E-state index contributed by atoms with van der Waals surface area (Å²) in [6, 6.07) is 16.2. The summed E-state index contributed by atoms with van der Waals surface area (Å²) >= 11 is 0. The molecule has 2 N–H and O–H groups in total. The van der Waals surface area contributed by atoms with Crippen molar-refractivity contribution in [3.8, 4) is 5.75 Å². The largest absolute Gasteiger partial charge is 0.508 e. The molecular weight excluding hydrogens is 260 g/mol. The molecule has 2 rings (SSSR count). The van der Waals surface area contributed by atoms with Crippen LogP contribution in [0.5, 0.6) is 5.75 Å². The van der Waals surface area contributed by atoms with Gasteiger partial charge in [-0.2, -0.15) is 0 Å². The van der Waals surface area contributed by atoms with E-state index in [2.05, 4.69) is 48.5 Å². The molecule has 0 bridgehead atoms. The molecule has 0 aliphatic heterocycles. The fourth-order valence-electron chi connectivity index (χ4n) is 2.59. The first-order valence-electron chi connectivity index (χ1n) is 7.34. The summed E-state index contributed by atoms with van der Waals surface area (Å²) in [5, 5.41) is 12.8. The van der Waals surface area contributed by atoms with Gasteiger partial charge in [-0.05, 0) is 55.8 Å². The van der Waals surface area contributed by atoms with Crippen molar-refractivity contribution in [2.75, 3.05) is 25.5 Å². The molecule has 0 saturated carbocycles. The van der Waals surface area contributed by atoms with Crippen LogP contribution in [0.3, 0.4) is 0 Å². The Morgan fingerprint density at radius 3 is 2.38 bits per heavy atom. The highest BCUT2D eigenvalue weighted by molar-refractivity contribution is 5.48. The summed E-state index contributed by atoms with van der Waals surface area (Å²) in [6.45, 7) is 3.11. The Bertz CT molecular complexity index is 566. The van der Waals surface area contributed by atoms with Crippen molar-refractivity contribution in [2.45, 2.75) is 19.4 Å². The van der Waals surface area contributed by atoms with Crippen molar-refractivity contribution in [3.63, 3.8) is 0 Å². The normalized spacial score (nSPS) is 12.1. The van der Waals surface area contributed by atoms with E-state index in [1.165, 1.54) is 11.1 Å². The molecule has 3 heteroatoms. The van der Waals surface area contributed by atoms with E-state index >= 15 is 0 Å². The molecule has 0 fully saturated rings. The van der Waals surface area contributed by atoms with E-state index in [0.717, 1.165) is 18.7 Å². The molecule has 0 spiro atoms. The number of nitrogens with one attached hydrogen (secondary N) is 1. The second kappa shape index (κ2) is 7.14. The molecule has 3 nitrogen and oxygen atoms in total. The fraction of sp³-hybridized carbons (Fsp3) is 0.333. The average molecular weight is 284 g/mol. The third kappa shape index (κ3) is 3.99. The molecule has 1 unspecified atom stereocenters. The zero-order valence-electron chi connectivity index (χ0n) is 13.0. The lowest BCUT2D eigenvalue weighted by molar-refractivity contribution is 0.475. The predicted molar refractivity (Wildman–Crippen MR) is 89.0 cm³/mol. The number of phenols is 1. The molecular formula is C18H24N2O. The maximum absolute atomic E-state index is 9.35. The van der Waals surface area contributed by atoms with E-state index in [-0.39, 0.29) is 0 Å². The number of rotatable bonds is 6. The van der Waals surface area contributed by atoms with E-state index in [1.807, 2.05) is 19.2 Å². The van der Waals surface area contributed by atoms with Gasteiger partial charge in [-0.3, -0.25) is 0 Å². The van der Waals surface area contributed by atoms with Gasteiger partial charge in [0.05, 0.1) is 0 Å². The summed E-state index contributed by atoms with van der Waals surface area (Å²) in [4.78, 5) is 2.21. The quantitative estimate of drug-likeness (QED) is 0.852. The van der Waals surface area contributed by atoms with Crippen LogP contribution >= 0.6 is 0 Å². The fourth-order valence-corrected chi connectivity index (χ4v) is 2.59. The van der Waals surface area contributed by atoms with Crippen LogP contribution in [0.15, 0.2) is 48.5 Å². The lowest BCUT2D eigenvalue weighted by Crippen LogP contribution is -2.25. The van der Waals surface area contributed by atoms with Crippen molar-refractivity contribution < 1.29 is 5.11 Å². The van der Waals surface area contributed by atoms with Crippen LogP contribution in [-0.4, -0.2) is 25.7 Å². The van der Waals surface area contributed by atoms with Crippen molar-refractivity contribution in [1.29, 1.82) is 0 Å². The van der Waals surface area contributed by atoms with E-state index in [0.29, 0.717) is 11.8 Å². The maximum atomic E-state index is 9.35. The molecule has 0 aliphatic rings. The van der Waals surface area contributed by atoms with Gasteiger partial charge >= 0.3 is 0 Å². The molecule has 112 valence electrons. The van der Waals surface area contributed by atoms with Crippen LogP contribution in [0.25, 0.3) is 0 Å². The second-order valence-corrected chi connectivity index (χ2v) is 5.42. The van der Waals surface area contributed by atoms with Gasteiger partial charge in [-0.15, -0.1) is 0 Å². The number of aromatic hydroxyl groups is 1. The van der Waals surface area contributed by atoms with Gasteiger partial charge in [0.15, 0.2) is 0 Å². The molecule has 1 atom stereocenters. The minimum absolute atomic E-state index is 0.306. The third-order valence-corrected chi connectivity index (χ3v) is 3.96. The van der Waals surface area contributed by atoms with Gasteiger partial charge < -0.3 is 15.3 Å². The Labute approximate surface area is 127 Å². The molecule has 0 aromatic heterocycles. The topological polar surface area (TPSA) is 35.5 Å². The Morgan fingerprint density at radius 2 is 1.76 bits per heavy atom. The average Bonchev–Trinajstić information content (AvgIpc) is 2.50. The number of phenolic OH excluding ortho intramolecular Hbond substituents is 1. The molecule has 0 heterocycles. The molecule has 2 aromatic rings. The summed E-state index contributed by atoms with van der Waals surface area (Å²) in [6.07, 6.45) is 1.03. The first kappa shape index (κ1) is 15.4. The lowest BCUT2D eigenvalue weighted by atomic mass is 9.99. The zero-order chi connectivity index (χ0) is 15.2. The molecule has 0 amide bonds. The van der Waals surface area contributed by atoms with Crippen molar-refractivity contribution in [1.82, 2.24) is 5.32 Å². The molecule has 0 saturated heterocycles. The van der Waals surface area contributed by atoms with Gasteiger partial charge in [0, 0.05) is 25.3 Å². The lowest BCUT2D eigenvalue weighted by Gasteiger charge is -2.24. The maximum Gasteiger partial charge on any atom is 0.115 e. The van der Waals surface area contributed by atoms with Crippen molar-refractivity contribution >= 4 is 5.69 Å². The smallest absolute Gasteiger partial charge is 0.115 e. The second-order valence-electron chi connectivity index (χ2n) is 5.42. The minimum Gasteiger partial charge on any atom is -0.508 e. The Balaban J connectivity index is 2.00. The summed E-state index contributed by atoms with van der Waals surface area (Å²) in [5.41, 5.74) is 3.80. The van der Waals surface area contributed by atoms with Crippen molar-refractivity contribution in [3.05, 3.63) is 59.7 Å². The monoisotopic (exact) mass is 284 g/mol. The molecule has 0 aliphatic carbocycles. The van der Waals surface area contributed by atoms with E-state index in [4.69, 9.17) is 0 Å². The van der Waals surface area contributed by atoms with E-state index < -0.39 is 0 Å². The molecule has 21 heavy (non-hydrogen) atoms. The van der Waals surface area contributed by atoms with Gasteiger partial charge in [-0.1, -0.05) is 24.3 Å². The first-order chi connectivity index (χ1) is 10.1. The van der Waals surface area contributed by atoms with Crippen LogP contribution in [0.1, 0.15) is 23.6 Å². The minimum atomic E-state index is 0.306. The van der Waals surface area contributed by atoms with Crippen LogP contribution in [0.4, 0.5) is 5.69 Å². The number of anilines is 1. The van der Waals surface area contributed by atoms with Crippen molar-refractivity contribution in [2.24, 2.45) is 0 Å². The number of hydrogen-bond acceptors (Lipinski definition) is 3. The van der Waals surface area contributed by atoms with Gasteiger partial charge in [0.2, 0.25) is 0 Å². The summed E-state index contributed by atoms with van der Waals surface area (Å²) < 4.78 is 0. The number of benzene rings is 2. The van der Waals surface area contributed by atoms with Crippen LogP contribution in [0, 0.1) is 6.92 Å². The van der Waals surface area contributed by atoms with E-state index in [1.54, 1.807) is 12.1 Å². The number of aryl methyl sites for hydroxylation is 1. The molecule has 0 radical (unpaired) electrons. The SMILES string of the molecule is CNC(CCN(C)c1ccc(O)cc1)c1ccccc1C. The van der Waals surface area contributed by atoms with Crippen LogP contribution in [-0.2, 0) is 0 Å². The number of nitrogens with zero attached hydrogens (tertiary/aromatic N) is 1. The highest BCUT2D eigenvalue weighted by Crippen LogP contribution is 2.22. The third-order valence-electron chi connectivity index (χ3n) is 3.96. The standard InChI is InChI=1S/C18H24N2O/c1-14-6-4-5-7-17(14)18(19-2)12-13-20(3)15-8-10-16(21)11-9-15/h4-11,18-19,21H,12-13H2,1-3H3. The summed E-state index contributed by atoms with van der Waals surface area (Å²) in [7, 11) is 4.09. The highest BCUT2D eigenvalue weighted by atomic mass is 16.3. The summed E-state index contributed by atoms with van der Waals surface area (Å²) in [5.74, 6) is 0.306. The van der Waals surface area contributed by atoms with Crippen LogP contribution < -0.4 is 10.2 Å². The van der Waals surface area contributed by atoms with Crippen LogP contribution in [0.2, 0.25) is 0 Å². The van der Waals surface area contributed by atoms with Gasteiger partial charge in [-0.25, -0.2) is 0 Å². The Kier molecular flexibility index (Phi) is 5.23. The highest BCUT2D eigenvalue weighted by Gasteiger charge is 2.12. The zero-order valence-corrected chi connectivity index (χ0v) is 13.0. The van der Waals surface area contributed by atoms with Gasteiger partial charge in [0.25, 0.3) is 0 Å². The Morgan fingerprint density at radius 1 is 1.10 bits per heavy atom. The van der Waals surface area contributed by atoms with E-state index in [9.17, 15) is 5.11 Å². The Hall–Kier alpha value is -2.00. The van der Waals surface area contributed by atoms with Gasteiger partial charge in [0.1, 0.15) is 5.75 Å². The first-order valence-corrected chi connectivity index (χ1v) is 7.34. The number of hydrogen-bond donors (Lipinski definition) is 2. The molecule has 2 aromatic carbocycles.